The van der Waals surface area contributed by atoms with E-state index in [1.807, 2.05) is 6.92 Å². The molecule has 1 aliphatic rings. The molecule has 4 heteroatoms. The third-order valence-electron chi connectivity index (χ3n) is 2.93. The number of carbonyl (C=O) groups is 1. The van der Waals surface area contributed by atoms with E-state index in [-0.39, 0.29) is 23.8 Å². The smallest absolute Gasteiger partial charge is 0.255 e. The SMILES string of the molecule is Cc1ccc(O)c(C(=O)NC2(CO)CC2)c1. The normalized spacial score (nSPS) is 16.9. The molecule has 2 rings (SSSR count). The van der Waals surface area contributed by atoms with Gasteiger partial charge in [0.15, 0.2) is 0 Å². The third kappa shape index (κ3) is 2.02. The second-order valence-corrected chi connectivity index (χ2v) is 4.41. The highest BCUT2D eigenvalue weighted by Crippen LogP contribution is 2.35. The van der Waals surface area contributed by atoms with Gasteiger partial charge in [-0.25, -0.2) is 0 Å². The summed E-state index contributed by atoms with van der Waals surface area (Å²) in [5, 5.41) is 21.4. The minimum Gasteiger partial charge on any atom is -0.507 e. The Bertz CT molecular complexity index is 424. The number of rotatable bonds is 3. The number of hydrogen-bond donors (Lipinski definition) is 3. The summed E-state index contributed by atoms with van der Waals surface area (Å²) in [7, 11) is 0. The number of carbonyl (C=O) groups excluding carboxylic acids is 1. The molecule has 0 radical (unpaired) electrons. The van der Waals surface area contributed by atoms with E-state index < -0.39 is 5.54 Å². The number of aryl methyl sites for hydroxylation is 1. The van der Waals surface area contributed by atoms with E-state index in [0.717, 1.165) is 18.4 Å². The van der Waals surface area contributed by atoms with Crippen LogP contribution in [-0.4, -0.2) is 28.3 Å². The molecule has 0 aliphatic heterocycles. The second kappa shape index (κ2) is 3.79. The van der Waals surface area contributed by atoms with E-state index in [0.29, 0.717) is 0 Å². The van der Waals surface area contributed by atoms with E-state index in [9.17, 15) is 9.90 Å². The minimum atomic E-state index is -0.451. The van der Waals surface area contributed by atoms with Crippen molar-refractivity contribution in [2.75, 3.05) is 6.61 Å². The van der Waals surface area contributed by atoms with Crippen molar-refractivity contribution in [2.24, 2.45) is 0 Å². The average molecular weight is 221 g/mol. The van der Waals surface area contributed by atoms with Crippen molar-refractivity contribution in [2.45, 2.75) is 25.3 Å². The van der Waals surface area contributed by atoms with Gasteiger partial charge in [0.05, 0.1) is 17.7 Å². The highest BCUT2D eigenvalue weighted by molar-refractivity contribution is 5.97. The Labute approximate surface area is 93.9 Å². The van der Waals surface area contributed by atoms with Gasteiger partial charge in [0.25, 0.3) is 5.91 Å². The second-order valence-electron chi connectivity index (χ2n) is 4.41. The van der Waals surface area contributed by atoms with Gasteiger partial charge in [-0.05, 0) is 31.9 Å². The van der Waals surface area contributed by atoms with Gasteiger partial charge in [0.2, 0.25) is 0 Å². The van der Waals surface area contributed by atoms with Crippen molar-refractivity contribution in [1.29, 1.82) is 0 Å². The van der Waals surface area contributed by atoms with E-state index in [2.05, 4.69) is 5.32 Å². The van der Waals surface area contributed by atoms with Crippen LogP contribution in [0, 0.1) is 6.92 Å². The molecule has 1 aromatic carbocycles. The zero-order chi connectivity index (χ0) is 11.8. The van der Waals surface area contributed by atoms with Gasteiger partial charge in [-0.15, -0.1) is 0 Å². The van der Waals surface area contributed by atoms with Crippen LogP contribution in [0.5, 0.6) is 5.75 Å². The molecule has 16 heavy (non-hydrogen) atoms. The maximum Gasteiger partial charge on any atom is 0.255 e. The van der Waals surface area contributed by atoms with Gasteiger partial charge in [-0.1, -0.05) is 11.6 Å². The van der Waals surface area contributed by atoms with Crippen molar-refractivity contribution in [3.05, 3.63) is 29.3 Å². The van der Waals surface area contributed by atoms with Crippen LogP contribution in [-0.2, 0) is 0 Å². The number of hydrogen-bond acceptors (Lipinski definition) is 3. The van der Waals surface area contributed by atoms with Crippen LogP contribution in [0.15, 0.2) is 18.2 Å². The summed E-state index contributed by atoms with van der Waals surface area (Å²) >= 11 is 0. The fraction of sp³-hybridized carbons (Fsp3) is 0.417. The van der Waals surface area contributed by atoms with Gasteiger partial charge in [0, 0.05) is 0 Å². The van der Waals surface area contributed by atoms with Crippen molar-refractivity contribution < 1.29 is 15.0 Å². The predicted molar refractivity (Wildman–Crippen MR) is 59.4 cm³/mol. The summed E-state index contributed by atoms with van der Waals surface area (Å²) in [5.41, 5.74) is 0.726. The van der Waals surface area contributed by atoms with Crippen molar-refractivity contribution in [3.63, 3.8) is 0 Å². The largest absolute Gasteiger partial charge is 0.507 e. The Hall–Kier alpha value is -1.55. The third-order valence-corrected chi connectivity index (χ3v) is 2.93. The zero-order valence-electron chi connectivity index (χ0n) is 9.16. The first kappa shape index (κ1) is 11.0. The molecule has 0 aromatic heterocycles. The lowest BCUT2D eigenvalue weighted by atomic mass is 10.1. The molecule has 3 N–H and O–H groups in total. The number of aliphatic hydroxyl groups is 1. The molecular weight excluding hydrogens is 206 g/mol. The number of phenolic OH excluding ortho intramolecular Hbond substituents is 1. The summed E-state index contributed by atoms with van der Waals surface area (Å²) in [5.74, 6) is -0.357. The fourth-order valence-electron chi connectivity index (χ4n) is 1.61. The predicted octanol–water partition coefficient (Wildman–Crippen LogP) is 0.955. The molecule has 0 bridgehead atoms. The molecule has 1 amide bonds. The molecule has 0 unspecified atom stereocenters. The summed E-state index contributed by atoms with van der Waals surface area (Å²) < 4.78 is 0. The maximum atomic E-state index is 11.9. The number of aromatic hydroxyl groups is 1. The molecule has 1 aromatic rings. The molecule has 1 saturated carbocycles. The van der Waals surface area contributed by atoms with Crippen LogP contribution < -0.4 is 5.32 Å². The van der Waals surface area contributed by atoms with Gasteiger partial charge in [-0.2, -0.15) is 0 Å². The van der Waals surface area contributed by atoms with Gasteiger partial charge in [-0.3, -0.25) is 4.79 Å². The quantitative estimate of drug-likeness (QED) is 0.712. The van der Waals surface area contributed by atoms with Crippen LogP contribution >= 0.6 is 0 Å². The van der Waals surface area contributed by atoms with Gasteiger partial charge in [0.1, 0.15) is 5.75 Å². The summed E-state index contributed by atoms with van der Waals surface area (Å²) in [6.45, 7) is 1.81. The van der Waals surface area contributed by atoms with E-state index >= 15 is 0 Å². The van der Waals surface area contributed by atoms with E-state index in [1.54, 1.807) is 12.1 Å². The number of aliphatic hydroxyl groups excluding tert-OH is 1. The summed E-state index contributed by atoms with van der Waals surface area (Å²) in [6.07, 6.45) is 1.59. The maximum absolute atomic E-state index is 11.9. The lowest BCUT2D eigenvalue weighted by molar-refractivity contribution is 0.0904. The standard InChI is InChI=1S/C12H15NO3/c1-8-2-3-10(15)9(6-8)11(16)13-12(7-14)4-5-12/h2-3,6,14-15H,4-5,7H2,1H3,(H,13,16). The molecule has 1 fully saturated rings. The summed E-state index contributed by atoms with van der Waals surface area (Å²) in [4.78, 5) is 11.9. The zero-order valence-corrected chi connectivity index (χ0v) is 9.16. The first-order valence-corrected chi connectivity index (χ1v) is 5.29. The lowest BCUT2D eigenvalue weighted by Crippen LogP contribution is -2.39. The first-order valence-electron chi connectivity index (χ1n) is 5.29. The summed E-state index contributed by atoms with van der Waals surface area (Å²) in [6, 6.07) is 4.88. The Morgan fingerprint density at radius 3 is 2.75 bits per heavy atom. The molecule has 1 aliphatic carbocycles. The van der Waals surface area contributed by atoms with Crippen molar-refractivity contribution >= 4 is 5.91 Å². The van der Waals surface area contributed by atoms with Crippen LogP contribution in [0.2, 0.25) is 0 Å². The highest BCUT2D eigenvalue weighted by Gasteiger charge is 2.43. The Balaban J connectivity index is 2.17. The number of nitrogens with one attached hydrogen (secondary N) is 1. The Morgan fingerprint density at radius 1 is 1.50 bits per heavy atom. The van der Waals surface area contributed by atoms with Crippen LogP contribution in [0.4, 0.5) is 0 Å². The van der Waals surface area contributed by atoms with E-state index in [4.69, 9.17) is 5.11 Å². The van der Waals surface area contributed by atoms with Crippen molar-refractivity contribution in [3.8, 4) is 5.75 Å². The molecule has 0 spiro atoms. The van der Waals surface area contributed by atoms with Crippen molar-refractivity contribution in [1.82, 2.24) is 5.32 Å². The lowest BCUT2D eigenvalue weighted by Gasteiger charge is -2.15. The minimum absolute atomic E-state index is 0.0307. The van der Waals surface area contributed by atoms with Gasteiger partial charge < -0.3 is 15.5 Å². The Morgan fingerprint density at radius 2 is 2.19 bits per heavy atom. The average Bonchev–Trinajstić information content (AvgIpc) is 3.02. The molecule has 86 valence electrons. The van der Waals surface area contributed by atoms with Crippen LogP contribution in [0.25, 0.3) is 0 Å². The van der Waals surface area contributed by atoms with Crippen LogP contribution in [0.3, 0.4) is 0 Å². The van der Waals surface area contributed by atoms with Gasteiger partial charge >= 0.3 is 0 Å². The molecular formula is C12H15NO3. The molecule has 0 saturated heterocycles. The monoisotopic (exact) mass is 221 g/mol. The first-order chi connectivity index (χ1) is 7.56. The number of phenols is 1. The molecule has 4 nitrogen and oxygen atoms in total. The topological polar surface area (TPSA) is 69.6 Å². The van der Waals surface area contributed by atoms with Crippen LogP contribution in [0.1, 0.15) is 28.8 Å². The fourth-order valence-corrected chi connectivity index (χ4v) is 1.61. The highest BCUT2D eigenvalue weighted by atomic mass is 16.3. The van der Waals surface area contributed by atoms with E-state index in [1.165, 1.54) is 6.07 Å². The molecule has 0 atom stereocenters. The number of benzene rings is 1. The number of amides is 1. The Kier molecular flexibility index (Phi) is 2.59. The molecule has 0 heterocycles.